The van der Waals surface area contributed by atoms with Crippen molar-refractivity contribution in [2.45, 2.75) is 33.2 Å². The fourth-order valence-electron chi connectivity index (χ4n) is 4.47. The monoisotopic (exact) mass is 483 g/mol. The van der Waals surface area contributed by atoms with Crippen LogP contribution in [-0.4, -0.2) is 56.2 Å². The van der Waals surface area contributed by atoms with Gasteiger partial charge in [0.15, 0.2) is 5.65 Å². The number of aromatic nitrogens is 3. The minimum atomic E-state index is 0.000257. The summed E-state index contributed by atoms with van der Waals surface area (Å²) in [5, 5.41) is 0. The smallest absolute Gasteiger partial charge is 0.253 e. The van der Waals surface area contributed by atoms with Crippen LogP contribution in [0.3, 0.4) is 0 Å². The van der Waals surface area contributed by atoms with Gasteiger partial charge in [-0.1, -0.05) is 12.1 Å². The number of amides is 2. The molecule has 3 heterocycles. The van der Waals surface area contributed by atoms with Crippen molar-refractivity contribution >= 4 is 23.0 Å². The Morgan fingerprint density at radius 1 is 1.11 bits per heavy atom. The van der Waals surface area contributed by atoms with Gasteiger partial charge < -0.3 is 19.5 Å². The molecule has 1 fully saturated rings. The molecule has 0 spiro atoms. The molecular formula is C28H29N5O3. The van der Waals surface area contributed by atoms with E-state index < -0.39 is 0 Å². The summed E-state index contributed by atoms with van der Waals surface area (Å²) in [4.78, 5) is 40.8. The average molecular weight is 484 g/mol. The highest BCUT2D eigenvalue weighted by Crippen LogP contribution is 2.32. The first-order valence-electron chi connectivity index (χ1n) is 12.3. The van der Waals surface area contributed by atoms with E-state index in [0.717, 1.165) is 29.6 Å². The molecule has 0 aliphatic carbocycles. The van der Waals surface area contributed by atoms with Crippen molar-refractivity contribution in [3.63, 3.8) is 0 Å². The summed E-state index contributed by atoms with van der Waals surface area (Å²) in [7, 11) is 0. The summed E-state index contributed by atoms with van der Waals surface area (Å²) < 4.78 is 6.32. The van der Waals surface area contributed by atoms with E-state index >= 15 is 0 Å². The molecule has 8 heteroatoms. The highest BCUT2D eigenvalue weighted by Gasteiger charge is 2.22. The lowest BCUT2D eigenvalue weighted by Crippen LogP contribution is -2.30. The van der Waals surface area contributed by atoms with Crippen molar-refractivity contribution in [1.82, 2.24) is 24.8 Å². The number of rotatable bonds is 8. The number of pyridine rings is 1. The van der Waals surface area contributed by atoms with Crippen molar-refractivity contribution in [2.75, 3.05) is 19.6 Å². The molecule has 4 aromatic rings. The van der Waals surface area contributed by atoms with Gasteiger partial charge in [0.2, 0.25) is 5.91 Å². The van der Waals surface area contributed by atoms with E-state index in [2.05, 4.69) is 15.0 Å². The largest absolute Gasteiger partial charge is 0.457 e. The van der Waals surface area contributed by atoms with Crippen LogP contribution in [0, 0.1) is 0 Å². The van der Waals surface area contributed by atoms with Gasteiger partial charge in [-0.3, -0.25) is 9.59 Å². The lowest BCUT2D eigenvalue weighted by Gasteiger charge is -2.20. The zero-order valence-corrected chi connectivity index (χ0v) is 20.5. The molecule has 36 heavy (non-hydrogen) atoms. The first-order valence-corrected chi connectivity index (χ1v) is 12.3. The standard InChI is InChI=1S/C28H29N5O3/c1-3-32(4-2)28(35)19-11-13-22(14-12-19)36-24-17-20(26-30-23-7-5-15-29-27(23)31-26)9-10-21(24)18-33-16-6-8-25(33)34/h5,7,9-15,17H,3-4,6,8,16,18H2,1-2H3,(H,29,30,31). The van der Waals surface area contributed by atoms with Crippen molar-refractivity contribution in [3.05, 3.63) is 71.9 Å². The van der Waals surface area contributed by atoms with Gasteiger partial charge in [-0.15, -0.1) is 0 Å². The zero-order chi connectivity index (χ0) is 25.1. The second kappa shape index (κ2) is 10.2. The predicted molar refractivity (Wildman–Crippen MR) is 138 cm³/mol. The summed E-state index contributed by atoms with van der Waals surface area (Å²) in [6, 6.07) is 16.9. The third-order valence-electron chi connectivity index (χ3n) is 6.51. The van der Waals surface area contributed by atoms with Crippen molar-refractivity contribution < 1.29 is 14.3 Å². The molecule has 8 nitrogen and oxygen atoms in total. The summed E-state index contributed by atoms with van der Waals surface area (Å²) in [6.45, 7) is 6.49. The van der Waals surface area contributed by atoms with Crippen LogP contribution < -0.4 is 4.74 Å². The highest BCUT2D eigenvalue weighted by atomic mass is 16.5. The second-order valence-electron chi connectivity index (χ2n) is 8.81. The first kappa shape index (κ1) is 23.5. The maximum Gasteiger partial charge on any atom is 0.253 e. The number of likely N-dealkylation sites (tertiary alicyclic amines) is 1. The minimum absolute atomic E-state index is 0.000257. The second-order valence-corrected chi connectivity index (χ2v) is 8.81. The number of hydrogen-bond donors (Lipinski definition) is 1. The Bertz CT molecular complexity index is 1360. The van der Waals surface area contributed by atoms with Crippen LogP contribution in [0.25, 0.3) is 22.6 Å². The van der Waals surface area contributed by atoms with Crippen molar-refractivity contribution in [3.8, 4) is 22.9 Å². The molecule has 2 aromatic heterocycles. The predicted octanol–water partition coefficient (Wildman–Crippen LogP) is 5.02. The van der Waals surface area contributed by atoms with E-state index in [0.29, 0.717) is 54.6 Å². The number of H-pyrrole nitrogens is 1. The third-order valence-corrected chi connectivity index (χ3v) is 6.51. The zero-order valence-electron chi connectivity index (χ0n) is 20.5. The van der Waals surface area contributed by atoms with Gasteiger partial charge in [0, 0.05) is 55.5 Å². The number of aromatic amines is 1. The van der Waals surface area contributed by atoms with E-state index in [9.17, 15) is 9.59 Å². The van der Waals surface area contributed by atoms with Crippen LogP contribution in [0.2, 0.25) is 0 Å². The Balaban J connectivity index is 1.45. The highest BCUT2D eigenvalue weighted by molar-refractivity contribution is 5.94. The van der Waals surface area contributed by atoms with Crippen LogP contribution in [-0.2, 0) is 11.3 Å². The number of nitrogens with one attached hydrogen (secondary N) is 1. The summed E-state index contributed by atoms with van der Waals surface area (Å²) >= 11 is 0. The molecular weight excluding hydrogens is 454 g/mol. The summed E-state index contributed by atoms with van der Waals surface area (Å²) in [6.07, 6.45) is 3.18. The average Bonchev–Trinajstić information content (AvgIpc) is 3.52. The van der Waals surface area contributed by atoms with Crippen LogP contribution in [0.1, 0.15) is 42.6 Å². The van der Waals surface area contributed by atoms with Crippen molar-refractivity contribution in [1.29, 1.82) is 0 Å². The van der Waals surface area contributed by atoms with E-state index in [4.69, 9.17) is 4.74 Å². The number of carbonyl (C=O) groups excluding carboxylic acids is 2. The lowest BCUT2D eigenvalue weighted by molar-refractivity contribution is -0.128. The Kier molecular flexibility index (Phi) is 6.66. The number of nitrogens with zero attached hydrogens (tertiary/aromatic N) is 4. The molecule has 2 amide bonds. The van der Waals surface area contributed by atoms with Crippen LogP contribution in [0.4, 0.5) is 0 Å². The van der Waals surface area contributed by atoms with E-state index in [1.165, 1.54) is 0 Å². The number of hydrogen-bond acceptors (Lipinski definition) is 5. The fraction of sp³-hybridized carbons (Fsp3) is 0.286. The Morgan fingerprint density at radius 2 is 1.92 bits per heavy atom. The number of fused-ring (bicyclic) bond motifs is 1. The molecule has 0 bridgehead atoms. The topological polar surface area (TPSA) is 91.4 Å². The molecule has 1 aliphatic rings. The Labute approximate surface area is 209 Å². The van der Waals surface area contributed by atoms with Crippen molar-refractivity contribution in [2.24, 2.45) is 0 Å². The molecule has 0 saturated carbocycles. The molecule has 0 atom stereocenters. The Morgan fingerprint density at radius 3 is 2.61 bits per heavy atom. The minimum Gasteiger partial charge on any atom is -0.457 e. The van der Waals surface area contributed by atoms with Crippen LogP contribution in [0.5, 0.6) is 11.5 Å². The van der Waals surface area contributed by atoms with E-state index in [-0.39, 0.29) is 11.8 Å². The molecule has 1 N–H and O–H groups in total. The normalized spacial score (nSPS) is 13.4. The SMILES string of the molecule is CCN(CC)C(=O)c1ccc(Oc2cc(-c3nc4ncccc4[nH]3)ccc2CN2CCCC2=O)cc1. The van der Waals surface area contributed by atoms with Crippen LogP contribution >= 0.6 is 0 Å². The van der Waals surface area contributed by atoms with Gasteiger partial charge in [0.1, 0.15) is 17.3 Å². The lowest BCUT2D eigenvalue weighted by atomic mass is 10.1. The molecule has 0 radical (unpaired) electrons. The first-order chi connectivity index (χ1) is 17.6. The van der Waals surface area contributed by atoms with Gasteiger partial charge in [-0.25, -0.2) is 9.97 Å². The number of imidazole rings is 1. The fourth-order valence-corrected chi connectivity index (χ4v) is 4.47. The molecule has 0 unspecified atom stereocenters. The maximum atomic E-state index is 12.7. The van der Waals surface area contributed by atoms with E-state index in [1.807, 2.05) is 49.1 Å². The van der Waals surface area contributed by atoms with Gasteiger partial charge >= 0.3 is 0 Å². The Hall–Kier alpha value is -4.20. The third kappa shape index (κ3) is 4.79. The quantitative estimate of drug-likeness (QED) is 0.380. The summed E-state index contributed by atoms with van der Waals surface area (Å²) in [5.41, 5.74) is 3.89. The maximum absolute atomic E-state index is 12.7. The van der Waals surface area contributed by atoms with E-state index in [1.54, 1.807) is 35.4 Å². The van der Waals surface area contributed by atoms with Gasteiger partial charge in [-0.2, -0.15) is 0 Å². The molecule has 1 aliphatic heterocycles. The summed E-state index contributed by atoms with van der Waals surface area (Å²) in [5.74, 6) is 2.11. The van der Waals surface area contributed by atoms with Gasteiger partial charge in [-0.05, 0) is 62.7 Å². The molecule has 5 rings (SSSR count). The molecule has 1 saturated heterocycles. The number of ether oxygens (including phenoxy) is 1. The molecule has 2 aromatic carbocycles. The van der Waals surface area contributed by atoms with Gasteiger partial charge in [0.05, 0.1) is 5.52 Å². The number of carbonyl (C=O) groups is 2. The molecule has 184 valence electrons. The van der Waals surface area contributed by atoms with Gasteiger partial charge in [0.25, 0.3) is 5.91 Å². The van der Waals surface area contributed by atoms with Crippen LogP contribution in [0.15, 0.2) is 60.8 Å². The number of benzene rings is 2.